The van der Waals surface area contributed by atoms with Crippen molar-refractivity contribution in [1.82, 2.24) is 5.32 Å². The highest BCUT2D eigenvalue weighted by atomic mass is 16.7. The van der Waals surface area contributed by atoms with E-state index in [1.54, 1.807) is 0 Å². The van der Waals surface area contributed by atoms with Gasteiger partial charge in [0.2, 0.25) is 12.2 Å². The molecule has 0 bridgehead atoms. The number of nitrogens with one attached hydrogen (secondary N) is 1. The predicted molar refractivity (Wildman–Crippen MR) is 118 cm³/mol. The molecule has 1 aliphatic carbocycles. The smallest absolute Gasteiger partial charge is 0.247 e. The Morgan fingerprint density at radius 2 is 1.64 bits per heavy atom. The van der Waals surface area contributed by atoms with Crippen LogP contribution < -0.4 is 10.1 Å². The number of rotatable bonds is 6. The molecule has 13 nitrogen and oxygen atoms in total. The third-order valence-corrected chi connectivity index (χ3v) is 6.49. The Morgan fingerprint density at radius 3 is 2.25 bits per heavy atom. The van der Waals surface area contributed by atoms with Crippen molar-refractivity contribution in [2.24, 2.45) is 0 Å². The first kappa shape index (κ1) is 26.4. The Hall–Kier alpha value is -2.62. The van der Waals surface area contributed by atoms with Gasteiger partial charge in [-0.25, -0.2) is 0 Å². The summed E-state index contributed by atoms with van der Waals surface area (Å²) in [4.78, 5) is 24.2. The van der Waals surface area contributed by atoms with E-state index in [0.29, 0.717) is 5.56 Å². The van der Waals surface area contributed by atoms with Crippen LogP contribution in [0, 0.1) is 0 Å². The molecule has 2 aliphatic heterocycles. The van der Waals surface area contributed by atoms with Gasteiger partial charge in [-0.2, -0.15) is 0 Å². The van der Waals surface area contributed by atoms with Gasteiger partial charge in [0, 0.05) is 5.57 Å². The first-order valence-corrected chi connectivity index (χ1v) is 11.3. The molecular formula is C23H29NO12. The summed E-state index contributed by atoms with van der Waals surface area (Å²) in [5, 5.41) is 63.9. The number of hydrogen-bond acceptors (Lipinski definition) is 12. The van der Waals surface area contributed by atoms with Crippen molar-refractivity contribution in [2.45, 2.75) is 75.0 Å². The fourth-order valence-corrected chi connectivity index (χ4v) is 4.46. The maximum Gasteiger partial charge on any atom is 0.247 e. The van der Waals surface area contributed by atoms with Crippen LogP contribution in [0.25, 0.3) is 6.08 Å². The fraction of sp³-hybridized carbons (Fsp3) is 0.565. The van der Waals surface area contributed by atoms with Gasteiger partial charge in [-0.15, -0.1) is 0 Å². The molecule has 3 fully saturated rings. The van der Waals surface area contributed by atoms with Crippen LogP contribution in [-0.2, 0) is 23.8 Å². The Balaban J connectivity index is 1.41. The topological polar surface area (TPSA) is 204 Å². The van der Waals surface area contributed by atoms with Crippen molar-refractivity contribution in [3.05, 3.63) is 29.3 Å². The van der Waals surface area contributed by atoms with Gasteiger partial charge >= 0.3 is 0 Å². The van der Waals surface area contributed by atoms with Crippen LogP contribution in [0.2, 0.25) is 0 Å². The van der Waals surface area contributed by atoms with Gasteiger partial charge in [-0.3, -0.25) is 9.59 Å². The second-order valence-corrected chi connectivity index (χ2v) is 9.04. The molecule has 1 aromatic carbocycles. The summed E-state index contributed by atoms with van der Waals surface area (Å²) < 4.78 is 21.1. The number of carbonyl (C=O) groups excluding carboxylic acids is 2. The van der Waals surface area contributed by atoms with E-state index in [0.717, 1.165) is 0 Å². The number of ketones is 1. The Bertz CT molecular complexity index is 1030. The Morgan fingerprint density at radius 1 is 0.972 bits per heavy atom. The second kappa shape index (κ2) is 10.4. The highest BCUT2D eigenvalue weighted by Crippen LogP contribution is 2.33. The molecule has 1 unspecified atom stereocenters. The van der Waals surface area contributed by atoms with Crippen LogP contribution in [0.4, 0.5) is 0 Å². The van der Waals surface area contributed by atoms with Crippen molar-refractivity contribution in [3.63, 3.8) is 0 Å². The number of aliphatic hydroxyl groups is 5. The van der Waals surface area contributed by atoms with E-state index >= 15 is 0 Å². The molecule has 1 aromatic rings. The number of aromatic hydroxyl groups is 1. The van der Waals surface area contributed by atoms with Gasteiger partial charge in [0.05, 0.1) is 6.04 Å². The molecule has 36 heavy (non-hydrogen) atoms. The van der Waals surface area contributed by atoms with E-state index in [1.807, 2.05) is 0 Å². The molecule has 1 amide bonds. The van der Waals surface area contributed by atoms with E-state index in [1.165, 1.54) is 38.1 Å². The molecule has 7 N–H and O–H groups in total. The van der Waals surface area contributed by atoms with E-state index < -0.39 is 72.9 Å². The first-order valence-electron chi connectivity index (χ1n) is 11.3. The first-order chi connectivity index (χ1) is 17.0. The number of ether oxygens (including phenoxy) is 4. The molecule has 0 spiro atoms. The van der Waals surface area contributed by atoms with Crippen molar-refractivity contribution >= 4 is 17.8 Å². The molecule has 198 valence electrons. The van der Waals surface area contributed by atoms with Crippen LogP contribution in [-0.4, -0.2) is 110 Å². The molecule has 2 heterocycles. The molecule has 10 atom stereocenters. The van der Waals surface area contributed by atoms with Crippen molar-refractivity contribution in [3.8, 4) is 11.5 Å². The zero-order valence-electron chi connectivity index (χ0n) is 19.4. The van der Waals surface area contributed by atoms with Crippen LogP contribution in [0.15, 0.2) is 23.8 Å². The van der Waals surface area contributed by atoms with Crippen molar-refractivity contribution in [1.29, 1.82) is 0 Å². The van der Waals surface area contributed by atoms with E-state index in [9.17, 15) is 40.2 Å². The maximum atomic E-state index is 12.7. The molecule has 3 aliphatic rings. The number of amides is 1. The quantitative estimate of drug-likeness (QED) is 0.199. The number of carbonyl (C=O) groups is 2. The van der Waals surface area contributed by atoms with Gasteiger partial charge < -0.3 is 54.9 Å². The van der Waals surface area contributed by atoms with Crippen molar-refractivity contribution in [2.75, 3.05) is 6.79 Å². The molecule has 0 radical (unpaired) electrons. The summed E-state index contributed by atoms with van der Waals surface area (Å²) in [6.07, 6.45) is -10.2. The summed E-state index contributed by atoms with van der Waals surface area (Å²) in [6, 6.07) is 2.90. The zero-order chi connectivity index (χ0) is 26.3. The lowest BCUT2D eigenvalue weighted by molar-refractivity contribution is -0.155. The number of phenols is 1. The molecule has 1 saturated carbocycles. The third kappa shape index (κ3) is 4.96. The minimum absolute atomic E-state index is 0.0921. The van der Waals surface area contributed by atoms with Gasteiger partial charge in [0.1, 0.15) is 55.6 Å². The maximum absolute atomic E-state index is 12.7. The fourth-order valence-electron chi connectivity index (χ4n) is 4.46. The van der Waals surface area contributed by atoms with E-state index in [2.05, 4.69) is 5.32 Å². The van der Waals surface area contributed by atoms with E-state index in [4.69, 9.17) is 18.9 Å². The lowest BCUT2D eigenvalue weighted by Crippen LogP contribution is -2.67. The molecule has 13 heteroatoms. The number of phenolic OH excluding ortho intramolecular Hbond substituents is 1. The molecular weight excluding hydrogens is 482 g/mol. The zero-order valence-corrected chi connectivity index (χ0v) is 19.4. The summed E-state index contributed by atoms with van der Waals surface area (Å²) in [5.74, 6) is -1.59. The van der Waals surface area contributed by atoms with Gasteiger partial charge in [0.15, 0.2) is 17.3 Å². The van der Waals surface area contributed by atoms with Gasteiger partial charge in [-0.05, 0) is 37.6 Å². The Labute approximate surface area is 205 Å². The number of benzene rings is 1. The average molecular weight is 511 g/mol. The Kier molecular flexibility index (Phi) is 7.64. The summed E-state index contributed by atoms with van der Waals surface area (Å²) in [5.41, 5.74) is 0.545. The number of Topliss-reactive ketones (excluding diaryl/α,β-unsaturated/α-hetero) is 1. The molecule has 0 aromatic heterocycles. The lowest BCUT2D eigenvalue weighted by Gasteiger charge is -2.41. The van der Waals surface area contributed by atoms with Crippen LogP contribution in [0.3, 0.4) is 0 Å². The van der Waals surface area contributed by atoms with E-state index in [-0.39, 0.29) is 23.9 Å². The monoisotopic (exact) mass is 511 g/mol. The summed E-state index contributed by atoms with van der Waals surface area (Å²) in [6.45, 7) is 2.52. The summed E-state index contributed by atoms with van der Waals surface area (Å²) in [7, 11) is 0. The highest BCUT2D eigenvalue weighted by molar-refractivity contribution is 5.97. The van der Waals surface area contributed by atoms with Crippen LogP contribution >= 0.6 is 0 Å². The number of hydrogen-bond donors (Lipinski definition) is 7. The normalized spacial score (nSPS) is 38.5. The largest absolute Gasteiger partial charge is 0.504 e. The van der Waals surface area contributed by atoms with Crippen molar-refractivity contribution < 1.29 is 59.2 Å². The standard InChI is InChI=1S/C23H29NO12/c1-8(22(32)24-13-14(27)16(29)21-20(15(13)28)33-7-34-21)5-10-3-4-12(11(26)6-10)35-23-18(31)17(30)19(36-23)9(2)25/h3-6,13-21,23,26-31H,7H2,1-2H3,(H,24,32)/b8-5+/t13-,14+,15?,16-,17+,18+,19-,20+,21-,23-/m1/s1. The molecule has 2 saturated heterocycles. The second-order valence-electron chi connectivity index (χ2n) is 9.04. The number of fused-ring (bicyclic) bond motifs is 1. The number of aliphatic hydroxyl groups excluding tert-OH is 5. The summed E-state index contributed by atoms with van der Waals surface area (Å²) >= 11 is 0. The minimum atomic E-state index is -1.51. The molecule has 4 rings (SSSR count). The third-order valence-electron chi connectivity index (χ3n) is 6.49. The van der Waals surface area contributed by atoms with Crippen LogP contribution in [0.1, 0.15) is 19.4 Å². The average Bonchev–Trinajstić information content (AvgIpc) is 3.43. The lowest BCUT2D eigenvalue weighted by atomic mass is 9.83. The predicted octanol–water partition coefficient (Wildman–Crippen LogP) is -2.47. The SMILES string of the molecule is CC(=O)[C@H]1O[C@@H](Oc2ccc(/C=C(\C)C(=O)N[C@H]3C(O)[C@@H]4OCO[C@@H]4[C@H](O)[C@H]3O)cc2O)[C@@H](O)[C@@H]1O. The van der Waals surface area contributed by atoms with Crippen LogP contribution in [0.5, 0.6) is 11.5 Å². The van der Waals surface area contributed by atoms with Gasteiger partial charge in [0.25, 0.3) is 0 Å². The highest BCUT2D eigenvalue weighted by Gasteiger charge is 2.53. The van der Waals surface area contributed by atoms with Gasteiger partial charge in [-0.1, -0.05) is 6.07 Å². The minimum Gasteiger partial charge on any atom is -0.504 e.